The van der Waals surface area contributed by atoms with Crippen LogP contribution in [0.5, 0.6) is 11.5 Å². The second-order valence-corrected chi connectivity index (χ2v) is 6.39. The summed E-state index contributed by atoms with van der Waals surface area (Å²) in [5, 5.41) is 0. The minimum atomic E-state index is -0.487. The molecule has 27 heavy (non-hydrogen) atoms. The lowest BCUT2D eigenvalue weighted by atomic mass is 10.0. The van der Waals surface area contributed by atoms with E-state index in [0.717, 1.165) is 11.1 Å². The third-order valence-corrected chi connectivity index (χ3v) is 4.57. The average Bonchev–Trinajstić information content (AvgIpc) is 3.54. The summed E-state index contributed by atoms with van der Waals surface area (Å²) < 4.78 is 16.9. The van der Waals surface area contributed by atoms with Crippen LogP contribution in [0.3, 0.4) is 0 Å². The summed E-state index contributed by atoms with van der Waals surface area (Å²) in [7, 11) is 1.58. The molecule has 2 atom stereocenters. The molecule has 0 radical (unpaired) electrons. The summed E-state index contributed by atoms with van der Waals surface area (Å²) in [5.41, 5.74) is 2.52. The molecule has 4 rings (SSSR count). The Morgan fingerprint density at radius 2 is 1.67 bits per heavy atom. The van der Waals surface area contributed by atoms with Crippen molar-refractivity contribution in [3.8, 4) is 11.5 Å². The predicted molar refractivity (Wildman–Crippen MR) is 102 cm³/mol. The highest BCUT2D eigenvalue weighted by Crippen LogP contribution is 2.42. The van der Waals surface area contributed by atoms with Crippen molar-refractivity contribution in [3.63, 3.8) is 0 Å². The largest absolute Gasteiger partial charge is 0.497 e. The van der Waals surface area contributed by atoms with Gasteiger partial charge in [-0.3, -0.25) is 4.79 Å². The molecule has 1 heterocycles. The molecule has 1 fully saturated rings. The fourth-order valence-electron chi connectivity index (χ4n) is 3.05. The number of hydrogen-bond acceptors (Lipinski definition) is 4. The SMILES string of the molecule is COc1ccc(OCc2ccccc2)c(C(=O)[C@@H]2O[C@H]2c2ccccc2)c1. The van der Waals surface area contributed by atoms with Crippen LogP contribution < -0.4 is 9.47 Å². The maximum atomic E-state index is 13.0. The molecule has 0 N–H and O–H groups in total. The second kappa shape index (κ2) is 7.64. The first kappa shape index (κ1) is 17.3. The van der Waals surface area contributed by atoms with Gasteiger partial charge in [0, 0.05) is 0 Å². The summed E-state index contributed by atoms with van der Waals surface area (Å²) in [6.07, 6.45) is -0.689. The molecule has 1 aliphatic heterocycles. The molecule has 1 aliphatic rings. The molecule has 136 valence electrons. The highest BCUT2D eigenvalue weighted by atomic mass is 16.6. The standard InChI is InChI=1S/C23H20O4/c1-25-18-12-13-20(26-15-16-8-4-2-5-9-16)19(14-18)21(24)23-22(27-23)17-10-6-3-7-11-17/h2-14,22-23H,15H2,1H3/t22-,23-/m0/s1. The third kappa shape index (κ3) is 3.86. The Labute approximate surface area is 158 Å². The summed E-state index contributed by atoms with van der Waals surface area (Å²) in [4.78, 5) is 13.0. The van der Waals surface area contributed by atoms with Crippen LogP contribution in [-0.2, 0) is 11.3 Å². The van der Waals surface area contributed by atoms with E-state index in [1.165, 1.54) is 0 Å². The molecule has 0 aromatic heterocycles. The molecular weight excluding hydrogens is 340 g/mol. The number of methoxy groups -OCH3 is 1. The summed E-state index contributed by atoms with van der Waals surface area (Å²) in [5.74, 6) is 1.06. The van der Waals surface area contributed by atoms with Gasteiger partial charge in [-0.25, -0.2) is 0 Å². The van der Waals surface area contributed by atoms with Gasteiger partial charge in [0.05, 0.1) is 12.7 Å². The number of benzene rings is 3. The topological polar surface area (TPSA) is 48.1 Å². The van der Waals surface area contributed by atoms with E-state index < -0.39 is 6.10 Å². The van der Waals surface area contributed by atoms with Gasteiger partial charge >= 0.3 is 0 Å². The molecule has 4 nitrogen and oxygen atoms in total. The van der Waals surface area contributed by atoms with E-state index in [9.17, 15) is 4.79 Å². The molecule has 0 saturated carbocycles. The van der Waals surface area contributed by atoms with Crippen molar-refractivity contribution in [2.24, 2.45) is 0 Å². The molecule has 4 heteroatoms. The lowest BCUT2D eigenvalue weighted by molar-refractivity contribution is 0.0949. The van der Waals surface area contributed by atoms with Gasteiger partial charge in [0.15, 0.2) is 11.9 Å². The molecule has 0 aliphatic carbocycles. The zero-order valence-electron chi connectivity index (χ0n) is 15.0. The highest BCUT2D eigenvalue weighted by Gasteiger charge is 2.46. The van der Waals surface area contributed by atoms with E-state index in [1.54, 1.807) is 25.3 Å². The van der Waals surface area contributed by atoms with Crippen molar-refractivity contribution in [2.75, 3.05) is 7.11 Å². The summed E-state index contributed by atoms with van der Waals surface area (Å²) in [6.45, 7) is 0.390. The Hall–Kier alpha value is -3.11. The lowest BCUT2D eigenvalue weighted by Gasteiger charge is -2.12. The monoisotopic (exact) mass is 360 g/mol. The molecular formula is C23H20O4. The lowest BCUT2D eigenvalue weighted by Crippen LogP contribution is -2.11. The zero-order valence-corrected chi connectivity index (χ0v) is 15.0. The first-order valence-electron chi connectivity index (χ1n) is 8.85. The van der Waals surface area contributed by atoms with Crippen LogP contribution in [0.1, 0.15) is 27.6 Å². The van der Waals surface area contributed by atoms with Crippen LogP contribution in [0.25, 0.3) is 0 Å². The zero-order chi connectivity index (χ0) is 18.6. The van der Waals surface area contributed by atoms with E-state index in [-0.39, 0.29) is 11.9 Å². The average molecular weight is 360 g/mol. The molecule has 3 aromatic rings. The summed E-state index contributed by atoms with van der Waals surface area (Å²) >= 11 is 0. The normalized spacial score (nSPS) is 18.0. The van der Waals surface area contributed by atoms with Crippen LogP contribution in [-0.4, -0.2) is 19.0 Å². The van der Waals surface area contributed by atoms with Gasteiger partial charge in [0.25, 0.3) is 0 Å². The maximum absolute atomic E-state index is 13.0. The van der Waals surface area contributed by atoms with Crippen molar-refractivity contribution < 1.29 is 19.0 Å². The van der Waals surface area contributed by atoms with Gasteiger partial charge in [0.2, 0.25) is 0 Å². The minimum Gasteiger partial charge on any atom is -0.497 e. The highest BCUT2D eigenvalue weighted by molar-refractivity contribution is 6.04. The van der Waals surface area contributed by atoms with Crippen molar-refractivity contribution >= 4 is 5.78 Å². The molecule has 0 unspecified atom stereocenters. The molecule has 0 bridgehead atoms. The fraction of sp³-hybridized carbons (Fsp3) is 0.174. The minimum absolute atomic E-state index is 0.0918. The molecule has 1 saturated heterocycles. The Bertz CT molecular complexity index is 922. The predicted octanol–water partition coefficient (Wildman–Crippen LogP) is 4.60. The van der Waals surface area contributed by atoms with Crippen LogP contribution in [0.2, 0.25) is 0 Å². The quantitative estimate of drug-likeness (QED) is 0.456. The van der Waals surface area contributed by atoms with Crippen LogP contribution >= 0.6 is 0 Å². The molecule has 0 spiro atoms. The number of carbonyl (C=O) groups is 1. The van der Waals surface area contributed by atoms with Gasteiger partial charge in [-0.2, -0.15) is 0 Å². The van der Waals surface area contributed by atoms with E-state index in [2.05, 4.69) is 0 Å². The third-order valence-electron chi connectivity index (χ3n) is 4.57. The van der Waals surface area contributed by atoms with Gasteiger partial charge in [-0.15, -0.1) is 0 Å². The van der Waals surface area contributed by atoms with Gasteiger partial charge in [0.1, 0.15) is 24.2 Å². The first-order valence-corrected chi connectivity index (χ1v) is 8.85. The Kier molecular flexibility index (Phi) is 4.90. The molecule has 0 amide bonds. The van der Waals surface area contributed by atoms with Crippen molar-refractivity contribution in [1.82, 2.24) is 0 Å². The Balaban J connectivity index is 1.54. The van der Waals surface area contributed by atoms with Crippen LogP contribution in [0, 0.1) is 0 Å². The number of Topliss-reactive ketones (excluding diaryl/α,β-unsaturated/α-hetero) is 1. The number of ketones is 1. The maximum Gasteiger partial charge on any atom is 0.198 e. The van der Waals surface area contributed by atoms with Crippen LogP contribution in [0.4, 0.5) is 0 Å². The second-order valence-electron chi connectivity index (χ2n) is 6.39. The van der Waals surface area contributed by atoms with Crippen LogP contribution in [0.15, 0.2) is 78.9 Å². The van der Waals surface area contributed by atoms with Gasteiger partial charge in [-0.05, 0) is 29.3 Å². The van der Waals surface area contributed by atoms with E-state index in [4.69, 9.17) is 14.2 Å². The fourth-order valence-corrected chi connectivity index (χ4v) is 3.05. The number of rotatable bonds is 7. The first-order chi connectivity index (χ1) is 13.3. The molecule has 3 aromatic carbocycles. The number of ether oxygens (including phenoxy) is 3. The number of epoxide rings is 1. The van der Waals surface area contributed by atoms with Crippen molar-refractivity contribution in [3.05, 3.63) is 95.6 Å². The van der Waals surface area contributed by atoms with Gasteiger partial charge < -0.3 is 14.2 Å². The van der Waals surface area contributed by atoms with Crippen molar-refractivity contribution in [1.29, 1.82) is 0 Å². The van der Waals surface area contributed by atoms with Crippen molar-refractivity contribution in [2.45, 2.75) is 18.8 Å². The van der Waals surface area contributed by atoms with E-state index in [1.807, 2.05) is 60.7 Å². The Morgan fingerprint density at radius 3 is 2.37 bits per heavy atom. The van der Waals surface area contributed by atoms with E-state index in [0.29, 0.717) is 23.7 Å². The summed E-state index contributed by atoms with van der Waals surface area (Å²) in [6, 6.07) is 24.9. The van der Waals surface area contributed by atoms with Gasteiger partial charge in [-0.1, -0.05) is 60.7 Å². The Morgan fingerprint density at radius 1 is 0.963 bits per heavy atom. The number of hydrogen-bond donors (Lipinski definition) is 0. The van der Waals surface area contributed by atoms with E-state index >= 15 is 0 Å². The number of carbonyl (C=O) groups excluding carboxylic acids is 1. The smallest absolute Gasteiger partial charge is 0.198 e.